The summed E-state index contributed by atoms with van der Waals surface area (Å²) in [5.74, 6) is 0. The number of hydrogen-bond acceptors (Lipinski definition) is 3. The molecule has 1 aliphatic heterocycles. The van der Waals surface area contributed by atoms with Gasteiger partial charge in [-0.05, 0) is 64.4 Å². The number of halogens is 3. The molecule has 0 aromatic heterocycles. The van der Waals surface area contributed by atoms with Crippen LogP contribution in [0, 0.1) is 0 Å². The van der Waals surface area contributed by atoms with Gasteiger partial charge < -0.3 is 9.64 Å². The smallest absolute Gasteiger partial charge is 0.0748 e. The molecule has 3 rings (SSSR count). The summed E-state index contributed by atoms with van der Waals surface area (Å²) in [6.07, 6.45) is 2.50. The summed E-state index contributed by atoms with van der Waals surface area (Å²) < 4.78 is 6.22. The molecule has 30 heavy (non-hydrogen) atoms. The Morgan fingerprint density at radius 1 is 0.967 bits per heavy atom. The van der Waals surface area contributed by atoms with E-state index in [4.69, 9.17) is 27.9 Å². The van der Waals surface area contributed by atoms with Crippen LogP contribution in [0.25, 0.3) is 0 Å². The summed E-state index contributed by atoms with van der Waals surface area (Å²) in [6.45, 7) is 10.8. The second-order valence-electron chi connectivity index (χ2n) is 8.76. The molecular formula is C24H33Cl3N2O. The lowest BCUT2D eigenvalue weighted by molar-refractivity contribution is -0.0305. The Kier molecular flexibility index (Phi) is 9.77. The number of para-hydroxylation sites is 1. The highest BCUT2D eigenvalue weighted by molar-refractivity contribution is 6.39. The third kappa shape index (κ3) is 7.32. The van der Waals surface area contributed by atoms with E-state index in [1.54, 1.807) is 0 Å². The predicted molar refractivity (Wildman–Crippen MR) is 132 cm³/mol. The average Bonchev–Trinajstić information content (AvgIpc) is 3.19. The van der Waals surface area contributed by atoms with Crippen molar-refractivity contribution in [2.24, 2.45) is 0 Å². The predicted octanol–water partition coefficient (Wildman–Crippen LogP) is 6.70. The molecule has 2 aromatic rings. The van der Waals surface area contributed by atoms with Crippen LogP contribution in [0.2, 0.25) is 10.0 Å². The van der Waals surface area contributed by atoms with E-state index in [0.29, 0.717) is 16.7 Å². The fourth-order valence-electron chi connectivity index (χ4n) is 3.81. The molecule has 3 nitrogen and oxygen atoms in total. The van der Waals surface area contributed by atoms with Crippen LogP contribution in [0.5, 0.6) is 0 Å². The molecule has 1 atom stereocenters. The second kappa shape index (κ2) is 11.6. The Labute approximate surface area is 197 Å². The van der Waals surface area contributed by atoms with E-state index in [-0.39, 0.29) is 24.0 Å². The van der Waals surface area contributed by atoms with Crippen molar-refractivity contribution in [1.29, 1.82) is 0 Å². The van der Waals surface area contributed by atoms with Gasteiger partial charge in [0.2, 0.25) is 0 Å². The van der Waals surface area contributed by atoms with Crippen molar-refractivity contribution in [3.8, 4) is 0 Å². The number of hydrogen-bond donors (Lipinski definition) is 0. The zero-order valence-electron chi connectivity index (χ0n) is 18.1. The summed E-state index contributed by atoms with van der Waals surface area (Å²) in [7, 11) is 0. The van der Waals surface area contributed by atoms with Crippen molar-refractivity contribution in [2.45, 2.75) is 51.8 Å². The Bertz CT molecular complexity index is 754. The topological polar surface area (TPSA) is 15.7 Å². The van der Waals surface area contributed by atoms with Gasteiger partial charge in [0.05, 0.1) is 34.0 Å². The first-order valence-corrected chi connectivity index (χ1v) is 11.2. The lowest BCUT2D eigenvalue weighted by atomic mass is 10.1. The minimum atomic E-state index is -0.162. The fraction of sp³-hybridized carbons (Fsp3) is 0.500. The lowest BCUT2D eigenvalue weighted by Gasteiger charge is -2.36. The molecule has 0 spiro atoms. The number of anilines is 1. The molecule has 166 valence electrons. The molecule has 6 heteroatoms. The van der Waals surface area contributed by atoms with Crippen LogP contribution < -0.4 is 4.90 Å². The van der Waals surface area contributed by atoms with Crippen molar-refractivity contribution in [3.05, 3.63) is 64.1 Å². The van der Waals surface area contributed by atoms with Gasteiger partial charge in [0, 0.05) is 13.1 Å². The van der Waals surface area contributed by atoms with Gasteiger partial charge in [-0.1, -0.05) is 59.6 Å². The van der Waals surface area contributed by atoms with Crippen LogP contribution in [0.15, 0.2) is 48.5 Å². The van der Waals surface area contributed by atoms with E-state index in [1.807, 2.05) is 24.3 Å². The van der Waals surface area contributed by atoms with Gasteiger partial charge >= 0.3 is 0 Å². The van der Waals surface area contributed by atoms with E-state index >= 15 is 0 Å². The number of benzene rings is 2. The summed E-state index contributed by atoms with van der Waals surface area (Å²) >= 11 is 13.2. The molecule has 1 aliphatic rings. The third-order valence-corrected chi connectivity index (χ3v) is 5.88. The Balaban J connectivity index is 0.00000320. The molecule has 2 aromatic carbocycles. The first-order valence-electron chi connectivity index (χ1n) is 10.4. The maximum absolute atomic E-state index is 6.61. The number of likely N-dealkylation sites (tertiary alicyclic amines) is 1. The van der Waals surface area contributed by atoms with E-state index in [2.05, 4.69) is 54.8 Å². The van der Waals surface area contributed by atoms with Crippen LogP contribution >= 0.6 is 35.6 Å². The summed E-state index contributed by atoms with van der Waals surface area (Å²) in [5.41, 5.74) is 1.98. The van der Waals surface area contributed by atoms with Gasteiger partial charge in [-0.15, -0.1) is 12.4 Å². The first kappa shape index (κ1) is 25.3. The van der Waals surface area contributed by atoms with E-state index in [9.17, 15) is 0 Å². The van der Waals surface area contributed by atoms with Crippen molar-refractivity contribution in [2.75, 3.05) is 31.1 Å². The minimum absolute atomic E-state index is 0. The van der Waals surface area contributed by atoms with Crippen molar-refractivity contribution in [3.63, 3.8) is 0 Å². The number of nitrogens with zero attached hydrogens (tertiary/aromatic N) is 2. The lowest BCUT2D eigenvalue weighted by Crippen LogP contribution is -2.46. The molecule has 0 saturated carbocycles. The van der Waals surface area contributed by atoms with Crippen molar-refractivity contribution >= 4 is 41.3 Å². The Morgan fingerprint density at radius 2 is 1.57 bits per heavy atom. The van der Waals surface area contributed by atoms with Gasteiger partial charge in [-0.2, -0.15) is 0 Å². The monoisotopic (exact) mass is 470 g/mol. The Hall–Kier alpha value is -0.970. The van der Waals surface area contributed by atoms with Crippen LogP contribution in [0.1, 0.15) is 39.2 Å². The van der Waals surface area contributed by atoms with Crippen LogP contribution in [-0.2, 0) is 11.3 Å². The minimum Gasteiger partial charge on any atom is -0.374 e. The molecule has 1 saturated heterocycles. The van der Waals surface area contributed by atoms with Gasteiger partial charge in [-0.25, -0.2) is 0 Å². The molecule has 0 amide bonds. The largest absolute Gasteiger partial charge is 0.374 e. The highest BCUT2D eigenvalue weighted by atomic mass is 35.5. The normalized spacial score (nSPS) is 15.6. The molecule has 1 fully saturated rings. The molecule has 0 aliphatic carbocycles. The first-order chi connectivity index (χ1) is 13.8. The molecule has 0 radical (unpaired) electrons. The molecule has 0 N–H and O–H groups in total. The maximum atomic E-state index is 6.61. The quantitative estimate of drug-likeness (QED) is 0.426. The van der Waals surface area contributed by atoms with Crippen LogP contribution in [0.3, 0.4) is 0 Å². The number of rotatable bonds is 8. The molecular weight excluding hydrogens is 439 g/mol. The van der Waals surface area contributed by atoms with Gasteiger partial charge in [-0.3, -0.25) is 4.90 Å². The summed E-state index contributed by atoms with van der Waals surface area (Å²) in [4.78, 5) is 4.86. The molecule has 1 heterocycles. The zero-order valence-corrected chi connectivity index (χ0v) is 20.4. The van der Waals surface area contributed by atoms with Gasteiger partial charge in [0.1, 0.15) is 0 Å². The highest BCUT2D eigenvalue weighted by Crippen LogP contribution is 2.35. The zero-order chi connectivity index (χ0) is 20.9. The second-order valence-corrected chi connectivity index (χ2v) is 9.57. The molecule has 1 unspecified atom stereocenters. The molecule has 0 bridgehead atoms. The summed E-state index contributed by atoms with van der Waals surface area (Å²) in [5, 5.41) is 1.37. The van der Waals surface area contributed by atoms with Crippen molar-refractivity contribution < 1.29 is 4.74 Å². The van der Waals surface area contributed by atoms with Crippen molar-refractivity contribution in [1.82, 2.24) is 4.90 Å². The SMILES string of the molecule is CC(C)(C)OCC(CN(Cc1ccccc1)c1c(Cl)cccc1Cl)N1CCCC1.Cl. The van der Waals surface area contributed by atoms with Gasteiger partial charge in [0.25, 0.3) is 0 Å². The standard InChI is InChI=1S/C24H32Cl2N2O.ClH/c1-24(2,3)29-18-20(27-14-7-8-15-27)17-28(16-19-10-5-4-6-11-19)23-21(25)12-9-13-22(23)26;/h4-6,9-13,20H,7-8,14-18H2,1-3H3;1H. The fourth-order valence-corrected chi connectivity index (χ4v) is 4.45. The van der Waals surface area contributed by atoms with E-state index in [0.717, 1.165) is 31.9 Å². The number of ether oxygens (including phenoxy) is 1. The van der Waals surface area contributed by atoms with Gasteiger partial charge in [0.15, 0.2) is 0 Å². The van der Waals surface area contributed by atoms with Crippen LogP contribution in [0.4, 0.5) is 5.69 Å². The summed E-state index contributed by atoms with van der Waals surface area (Å²) in [6, 6.07) is 16.5. The highest BCUT2D eigenvalue weighted by Gasteiger charge is 2.27. The van der Waals surface area contributed by atoms with Crippen LogP contribution in [-0.4, -0.2) is 42.8 Å². The Morgan fingerprint density at radius 3 is 2.13 bits per heavy atom. The van der Waals surface area contributed by atoms with E-state index in [1.165, 1.54) is 18.4 Å². The average molecular weight is 472 g/mol. The van der Waals surface area contributed by atoms with E-state index < -0.39 is 0 Å². The third-order valence-electron chi connectivity index (χ3n) is 5.27. The maximum Gasteiger partial charge on any atom is 0.0748 e.